The van der Waals surface area contributed by atoms with Gasteiger partial charge in [0.25, 0.3) is 11.7 Å². The van der Waals surface area contributed by atoms with Crippen LogP contribution in [0.25, 0.3) is 5.76 Å². The van der Waals surface area contributed by atoms with Crippen molar-refractivity contribution in [1.29, 1.82) is 0 Å². The molecule has 1 amide bonds. The first-order valence-electron chi connectivity index (χ1n) is 12.0. The Morgan fingerprint density at radius 3 is 2.58 bits per heavy atom. The smallest absolute Gasteiger partial charge is 0.295 e. The predicted molar refractivity (Wildman–Crippen MR) is 129 cm³/mol. The van der Waals surface area contributed by atoms with E-state index in [4.69, 9.17) is 4.74 Å². The van der Waals surface area contributed by atoms with Gasteiger partial charge in [-0.15, -0.1) is 0 Å². The molecule has 1 fully saturated rings. The lowest BCUT2D eigenvalue weighted by Gasteiger charge is -2.26. The van der Waals surface area contributed by atoms with Crippen LogP contribution in [0.5, 0.6) is 0 Å². The highest BCUT2D eigenvalue weighted by molar-refractivity contribution is 6.46. The summed E-state index contributed by atoms with van der Waals surface area (Å²) in [4.78, 5) is 27.8. The van der Waals surface area contributed by atoms with Crippen LogP contribution < -0.4 is 0 Å². The van der Waals surface area contributed by atoms with Crippen LogP contribution in [0.15, 0.2) is 48.0 Å². The van der Waals surface area contributed by atoms with Gasteiger partial charge in [0.15, 0.2) is 0 Å². The number of hydrogen-bond acceptors (Lipinski definition) is 4. The number of carbonyl (C=O) groups is 2. The summed E-state index contributed by atoms with van der Waals surface area (Å²) in [7, 11) is 0. The van der Waals surface area contributed by atoms with Gasteiger partial charge in [-0.1, -0.05) is 42.0 Å². The largest absolute Gasteiger partial charge is 0.507 e. The number of ether oxygens (including phenoxy) is 1. The molecule has 1 unspecified atom stereocenters. The lowest BCUT2D eigenvalue weighted by atomic mass is 9.88. The molecule has 2 aromatic carbocycles. The van der Waals surface area contributed by atoms with E-state index < -0.39 is 17.7 Å². The number of amides is 1. The number of aliphatic hydroxyl groups is 1. The molecule has 1 aliphatic carbocycles. The molecule has 1 aliphatic heterocycles. The zero-order valence-corrected chi connectivity index (χ0v) is 19.8. The summed E-state index contributed by atoms with van der Waals surface area (Å²) in [6.07, 6.45) is 5.05. The maximum Gasteiger partial charge on any atom is 0.295 e. The minimum Gasteiger partial charge on any atom is -0.507 e. The highest BCUT2D eigenvalue weighted by Crippen LogP contribution is 2.40. The summed E-state index contributed by atoms with van der Waals surface area (Å²) < 4.78 is 5.64. The molecule has 33 heavy (non-hydrogen) atoms. The molecule has 0 spiro atoms. The Morgan fingerprint density at radius 1 is 1.09 bits per heavy atom. The van der Waals surface area contributed by atoms with Crippen LogP contribution in [0, 0.1) is 6.92 Å². The van der Waals surface area contributed by atoms with Gasteiger partial charge < -0.3 is 14.7 Å². The van der Waals surface area contributed by atoms with Gasteiger partial charge in [-0.05, 0) is 75.6 Å². The third kappa shape index (κ3) is 4.88. The SMILES string of the molecule is Cc1cccc(C2/C(=C(/O)c3ccc4c(c3)CCCC4)C(=O)C(=O)N2CCCOC(C)C)c1. The van der Waals surface area contributed by atoms with Crippen molar-refractivity contribution in [2.24, 2.45) is 0 Å². The van der Waals surface area contributed by atoms with Gasteiger partial charge in [0.1, 0.15) is 5.76 Å². The Kier molecular flexibility index (Phi) is 6.99. The molecule has 0 radical (unpaired) electrons. The topological polar surface area (TPSA) is 66.8 Å². The average Bonchev–Trinajstić information content (AvgIpc) is 3.06. The third-order valence-corrected chi connectivity index (χ3v) is 6.51. The standard InChI is InChI=1S/C28H33NO4/c1-18(2)33-15-7-14-29-25(22-11-6-8-19(3)16-22)24(27(31)28(29)32)26(30)23-13-12-20-9-4-5-10-21(20)17-23/h6,8,11-13,16-18,25,30H,4-5,7,9-10,14-15H2,1-3H3/b26-24-. The number of aryl methyl sites for hydroxylation is 3. The molecule has 0 bridgehead atoms. The van der Waals surface area contributed by atoms with Crippen LogP contribution in [0.4, 0.5) is 0 Å². The zero-order valence-electron chi connectivity index (χ0n) is 19.8. The van der Waals surface area contributed by atoms with Gasteiger partial charge in [-0.25, -0.2) is 0 Å². The fourth-order valence-corrected chi connectivity index (χ4v) is 4.89. The average molecular weight is 448 g/mol. The first-order chi connectivity index (χ1) is 15.9. The number of benzene rings is 2. The molecule has 5 nitrogen and oxygen atoms in total. The van der Waals surface area contributed by atoms with Crippen molar-refractivity contribution in [3.63, 3.8) is 0 Å². The molecule has 0 aromatic heterocycles. The molecule has 174 valence electrons. The van der Waals surface area contributed by atoms with E-state index in [1.807, 2.05) is 63.2 Å². The summed E-state index contributed by atoms with van der Waals surface area (Å²) in [6.45, 7) is 6.81. The number of nitrogens with zero attached hydrogens (tertiary/aromatic N) is 1. The maximum atomic E-state index is 13.2. The highest BCUT2D eigenvalue weighted by atomic mass is 16.5. The number of fused-ring (bicyclic) bond motifs is 1. The molecule has 1 N–H and O–H groups in total. The Bertz CT molecular complexity index is 1090. The zero-order chi connectivity index (χ0) is 23.5. The second-order valence-corrected chi connectivity index (χ2v) is 9.37. The molecule has 5 heteroatoms. The molecule has 1 saturated heterocycles. The van der Waals surface area contributed by atoms with Crippen LogP contribution in [0.2, 0.25) is 0 Å². The normalized spacial score (nSPS) is 19.9. The first-order valence-corrected chi connectivity index (χ1v) is 12.0. The molecule has 4 rings (SSSR count). The van der Waals surface area contributed by atoms with E-state index in [2.05, 4.69) is 0 Å². The molecular weight excluding hydrogens is 414 g/mol. The fraction of sp³-hybridized carbons (Fsp3) is 0.429. The van der Waals surface area contributed by atoms with E-state index in [0.717, 1.165) is 30.4 Å². The quantitative estimate of drug-likeness (QED) is 0.277. The lowest BCUT2D eigenvalue weighted by molar-refractivity contribution is -0.140. The van der Waals surface area contributed by atoms with E-state index in [0.29, 0.717) is 25.1 Å². The van der Waals surface area contributed by atoms with E-state index in [-0.39, 0.29) is 17.4 Å². The van der Waals surface area contributed by atoms with Gasteiger partial charge in [0, 0.05) is 18.7 Å². The fourth-order valence-electron chi connectivity index (χ4n) is 4.89. The lowest BCUT2D eigenvalue weighted by Crippen LogP contribution is -2.31. The van der Waals surface area contributed by atoms with Crippen molar-refractivity contribution in [3.05, 3.63) is 75.9 Å². The number of aliphatic hydroxyl groups excluding tert-OH is 1. The van der Waals surface area contributed by atoms with Crippen molar-refractivity contribution < 1.29 is 19.4 Å². The summed E-state index contributed by atoms with van der Waals surface area (Å²) in [5, 5.41) is 11.3. The molecule has 2 aliphatic rings. The van der Waals surface area contributed by atoms with Crippen molar-refractivity contribution in [3.8, 4) is 0 Å². The van der Waals surface area contributed by atoms with Crippen LogP contribution in [-0.2, 0) is 27.2 Å². The van der Waals surface area contributed by atoms with Crippen LogP contribution in [0.1, 0.15) is 67.0 Å². The minimum absolute atomic E-state index is 0.0887. The van der Waals surface area contributed by atoms with Gasteiger partial charge in [-0.2, -0.15) is 0 Å². The van der Waals surface area contributed by atoms with Gasteiger partial charge in [0.05, 0.1) is 17.7 Å². The molecule has 1 atom stereocenters. The minimum atomic E-state index is -0.624. The number of Topliss-reactive ketones (excluding diaryl/α,β-unsaturated/α-hetero) is 1. The second kappa shape index (κ2) is 9.92. The number of carbonyl (C=O) groups excluding carboxylic acids is 2. The Balaban J connectivity index is 1.74. The Morgan fingerprint density at radius 2 is 1.85 bits per heavy atom. The monoisotopic (exact) mass is 447 g/mol. The van der Waals surface area contributed by atoms with Crippen molar-refractivity contribution in [1.82, 2.24) is 4.90 Å². The van der Waals surface area contributed by atoms with E-state index in [9.17, 15) is 14.7 Å². The van der Waals surface area contributed by atoms with Crippen molar-refractivity contribution >= 4 is 17.4 Å². The van der Waals surface area contributed by atoms with Crippen LogP contribution >= 0.6 is 0 Å². The van der Waals surface area contributed by atoms with E-state index in [1.54, 1.807) is 4.90 Å². The summed E-state index contributed by atoms with van der Waals surface area (Å²) >= 11 is 0. The molecule has 0 saturated carbocycles. The second-order valence-electron chi connectivity index (χ2n) is 9.37. The first kappa shape index (κ1) is 23.2. The Labute approximate surface area is 196 Å². The number of ketones is 1. The van der Waals surface area contributed by atoms with Crippen LogP contribution in [0.3, 0.4) is 0 Å². The van der Waals surface area contributed by atoms with E-state index in [1.165, 1.54) is 17.5 Å². The van der Waals surface area contributed by atoms with Gasteiger partial charge >= 0.3 is 0 Å². The van der Waals surface area contributed by atoms with Gasteiger partial charge in [0.2, 0.25) is 0 Å². The summed E-state index contributed by atoms with van der Waals surface area (Å²) in [5.41, 5.74) is 5.17. The highest BCUT2D eigenvalue weighted by Gasteiger charge is 2.45. The number of likely N-dealkylation sites (tertiary alicyclic amines) is 1. The van der Waals surface area contributed by atoms with E-state index >= 15 is 0 Å². The Hall–Kier alpha value is -2.92. The predicted octanol–water partition coefficient (Wildman–Crippen LogP) is 5.11. The van der Waals surface area contributed by atoms with Crippen molar-refractivity contribution in [2.75, 3.05) is 13.2 Å². The summed E-state index contributed by atoms with van der Waals surface area (Å²) in [5.74, 6) is -1.28. The molecule has 1 heterocycles. The molecular formula is C28H33NO4. The van der Waals surface area contributed by atoms with Crippen LogP contribution in [-0.4, -0.2) is 41.0 Å². The number of rotatable bonds is 7. The van der Waals surface area contributed by atoms with Gasteiger partial charge in [-0.3, -0.25) is 9.59 Å². The maximum absolute atomic E-state index is 13.2. The summed E-state index contributed by atoms with van der Waals surface area (Å²) in [6, 6.07) is 13.1. The number of hydrogen-bond donors (Lipinski definition) is 1. The third-order valence-electron chi connectivity index (χ3n) is 6.51. The van der Waals surface area contributed by atoms with Crippen molar-refractivity contribution in [2.45, 2.75) is 65.0 Å². The molecule has 2 aromatic rings.